The van der Waals surface area contributed by atoms with Gasteiger partial charge in [-0.05, 0) is 34.6 Å². The molecule has 1 aliphatic heterocycles. The van der Waals surface area contributed by atoms with E-state index < -0.39 is 11.4 Å². The molecule has 3 heteroatoms. The third-order valence-corrected chi connectivity index (χ3v) is 4.22. The summed E-state index contributed by atoms with van der Waals surface area (Å²) < 4.78 is 13.6. The Labute approximate surface area is 72.3 Å². The maximum Gasteiger partial charge on any atom is 0.137 e. The standard InChI is InChI=1S/C8H17NOS/c1-6-7(2)9(6)11(10)8(3,4)5/h6-7H,1-5H3. The van der Waals surface area contributed by atoms with E-state index in [1.54, 1.807) is 0 Å². The molecule has 0 radical (unpaired) electrons. The van der Waals surface area contributed by atoms with Crippen molar-refractivity contribution in [2.24, 2.45) is 0 Å². The molecule has 1 fully saturated rings. The lowest BCUT2D eigenvalue weighted by atomic mass is 10.3. The zero-order chi connectivity index (χ0) is 8.81. The largest absolute Gasteiger partial charge is 0.597 e. The van der Waals surface area contributed by atoms with E-state index >= 15 is 0 Å². The van der Waals surface area contributed by atoms with Crippen molar-refractivity contribution in [1.29, 1.82) is 0 Å². The first-order valence-corrected chi connectivity index (χ1v) is 5.16. The van der Waals surface area contributed by atoms with E-state index in [1.165, 1.54) is 0 Å². The summed E-state index contributed by atoms with van der Waals surface area (Å²) in [7, 11) is 0. The molecular formula is C8H17NOS. The average Bonchev–Trinajstić information content (AvgIpc) is 2.38. The third-order valence-electron chi connectivity index (χ3n) is 2.13. The fourth-order valence-electron chi connectivity index (χ4n) is 1.09. The number of hydrogen-bond acceptors (Lipinski definition) is 2. The quantitative estimate of drug-likeness (QED) is 0.446. The van der Waals surface area contributed by atoms with Gasteiger partial charge in [-0.1, -0.05) is 0 Å². The molecule has 2 nitrogen and oxygen atoms in total. The summed E-state index contributed by atoms with van der Waals surface area (Å²) in [5.41, 5.74) is 0. The fourth-order valence-corrected chi connectivity index (χ4v) is 2.62. The number of rotatable bonds is 1. The van der Waals surface area contributed by atoms with Crippen molar-refractivity contribution in [2.45, 2.75) is 51.4 Å². The van der Waals surface area contributed by atoms with Crippen molar-refractivity contribution in [3.63, 3.8) is 0 Å². The number of hydrogen-bond donors (Lipinski definition) is 0. The van der Waals surface area contributed by atoms with E-state index in [0.717, 1.165) is 0 Å². The second-order valence-electron chi connectivity index (χ2n) is 4.20. The van der Waals surface area contributed by atoms with Crippen molar-refractivity contribution in [1.82, 2.24) is 4.31 Å². The Morgan fingerprint density at radius 2 is 1.55 bits per heavy atom. The van der Waals surface area contributed by atoms with Crippen LogP contribution in [0, 0.1) is 0 Å². The van der Waals surface area contributed by atoms with Crippen molar-refractivity contribution < 1.29 is 4.55 Å². The minimum atomic E-state index is -0.805. The Bertz CT molecular complexity index is 147. The van der Waals surface area contributed by atoms with Crippen molar-refractivity contribution >= 4 is 11.4 Å². The smallest absolute Gasteiger partial charge is 0.137 e. The first-order valence-electron chi connectivity index (χ1n) is 4.06. The second kappa shape index (κ2) is 2.64. The topological polar surface area (TPSA) is 26.1 Å². The summed E-state index contributed by atoms with van der Waals surface area (Å²) >= 11 is -0.805. The predicted molar refractivity (Wildman–Crippen MR) is 48.7 cm³/mol. The normalized spacial score (nSPS) is 40.4. The molecule has 0 amide bonds. The van der Waals surface area contributed by atoms with Crippen LogP contribution in [0.4, 0.5) is 0 Å². The van der Waals surface area contributed by atoms with Crippen LogP contribution in [0.25, 0.3) is 0 Å². The van der Waals surface area contributed by atoms with Gasteiger partial charge in [0, 0.05) is 11.4 Å². The summed E-state index contributed by atoms with van der Waals surface area (Å²) in [6.07, 6.45) is 0. The molecule has 1 heterocycles. The third kappa shape index (κ3) is 1.71. The van der Waals surface area contributed by atoms with Crippen LogP contribution in [-0.4, -0.2) is 25.7 Å². The molecule has 3 unspecified atom stereocenters. The Hall–Kier alpha value is 0.270. The Kier molecular flexibility index (Phi) is 2.25. The van der Waals surface area contributed by atoms with Gasteiger partial charge in [-0.2, -0.15) is 0 Å². The molecule has 0 aromatic rings. The molecule has 0 spiro atoms. The van der Waals surface area contributed by atoms with Crippen LogP contribution in [-0.2, 0) is 11.4 Å². The molecule has 0 saturated carbocycles. The van der Waals surface area contributed by atoms with Crippen LogP contribution in [0.5, 0.6) is 0 Å². The maximum atomic E-state index is 11.7. The van der Waals surface area contributed by atoms with E-state index in [1.807, 2.05) is 20.8 Å². The molecule has 66 valence electrons. The molecule has 3 atom stereocenters. The summed E-state index contributed by atoms with van der Waals surface area (Å²) in [5, 5.41) is 0. The van der Waals surface area contributed by atoms with Gasteiger partial charge in [0.05, 0.1) is 12.1 Å². The molecule has 0 aliphatic carbocycles. The summed E-state index contributed by atoms with van der Waals surface area (Å²) in [5.74, 6) is 0. The van der Waals surface area contributed by atoms with Gasteiger partial charge in [0.2, 0.25) is 0 Å². The minimum absolute atomic E-state index is 0.0982. The van der Waals surface area contributed by atoms with Crippen LogP contribution >= 0.6 is 0 Å². The summed E-state index contributed by atoms with van der Waals surface area (Å²) in [4.78, 5) is 0. The highest BCUT2D eigenvalue weighted by atomic mass is 32.2. The van der Waals surface area contributed by atoms with E-state index in [9.17, 15) is 4.55 Å². The monoisotopic (exact) mass is 175 g/mol. The highest BCUT2D eigenvalue weighted by Gasteiger charge is 2.53. The van der Waals surface area contributed by atoms with Crippen LogP contribution in [0.15, 0.2) is 0 Å². The van der Waals surface area contributed by atoms with Gasteiger partial charge in [0.25, 0.3) is 0 Å². The van der Waals surface area contributed by atoms with Crippen LogP contribution in [0.1, 0.15) is 34.6 Å². The Morgan fingerprint density at radius 3 is 1.64 bits per heavy atom. The van der Waals surface area contributed by atoms with Crippen molar-refractivity contribution in [3.05, 3.63) is 0 Å². The molecule has 0 aromatic heterocycles. The minimum Gasteiger partial charge on any atom is -0.597 e. The van der Waals surface area contributed by atoms with Gasteiger partial charge >= 0.3 is 0 Å². The van der Waals surface area contributed by atoms with Crippen LogP contribution in [0.3, 0.4) is 0 Å². The second-order valence-corrected chi connectivity index (χ2v) is 6.35. The molecule has 1 rings (SSSR count). The van der Waals surface area contributed by atoms with E-state index in [0.29, 0.717) is 12.1 Å². The van der Waals surface area contributed by atoms with Crippen LogP contribution in [0.2, 0.25) is 0 Å². The van der Waals surface area contributed by atoms with Crippen LogP contribution < -0.4 is 0 Å². The van der Waals surface area contributed by atoms with Gasteiger partial charge in [0.15, 0.2) is 0 Å². The zero-order valence-corrected chi connectivity index (χ0v) is 8.73. The molecular weight excluding hydrogens is 158 g/mol. The van der Waals surface area contributed by atoms with Gasteiger partial charge in [-0.15, -0.1) is 4.31 Å². The average molecular weight is 175 g/mol. The summed E-state index contributed by atoms with van der Waals surface area (Å²) in [6.45, 7) is 10.3. The lowest BCUT2D eigenvalue weighted by molar-refractivity contribution is 0.512. The van der Waals surface area contributed by atoms with Crippen molar-refractivity contribution in [3.8, 4) is 0 Å². The lowest BCUT2D eigenvalue weighted by Gasteiger charge is -2.24. The molecule has 1 aliphatic rings. The molecule has 0 aromatic carbocycles. The lowest BCUT2D eigenvalue weighted by Crippen LogP contribution is -2.34. The zero-order valence-electron chi connectivity index (χ0n) is 7.92. The first-order chi connectivity index (χ1) is 4.85. The predicted octanol–water partition coefficient (Wildman–Crippen LogP) is 1.54. The molecule has 1 saturated heterocycles. The molecule has 0 bridgehead atoms. The Morgan fingerprint density at radius 1 is 1.18 bits per heavy atom. The Balaban J connectivity index is 2.51. The fraction of sp³-hybridized carbons (Fsp3) is 1.00. The highest BCUT2D eigenvalue weighted by molar-refractivity contribution is 7.90. The number of nitrogens with zero attached hydrogens (tertiary/aromatic N) is 1. The molecule has 11 heavy (non-hydrogen) atoms. The van der Waals surface area contributed by atoms with Gasteiger partial charge < -0.3 is 4.55 Å². The molecule has 0 N–H and O–H groups in total. The van der Waals surface area contributed by atoms with Gasteiger partial charge in [-0.25, -0.2) is 0 Å². The van der Waals surface area contributed by atoms with Crippen molar-refractivity contribution in [2.75, 3.05) is 0 Å². The van der Waals surface area contributed by atoms with E-state index in [-0.39, 0.29) is 4.75 Å². The van der Waals surface area contributed by atoms with E-state index in [2.05, 4.69) is 18.2 Å². The van der Waals surface area contributed by atoms with Gasteiger partial charge in [0.1, 0.15) is 4.75 Å². The van der Waals surface area contributed by atoms with Gasteiger partial charge in [-0.3, -0.25) is 0 Å². The highest BCUT2D eigenvalue weighted by Crippen LogP contribution is 2.36. The summed E-state index contributed by atoms with van der Waals surface area (Å²) in [6, 6.07) is 1.02. The van der Waals surface area contributed by atoms with E-state index in [4.69, 9.17) is 0 Å². The maximum absolute atomic E-state index is 11.7. The SMILES string of the molecule is CC1C(C)N1[S+]([O-])C(C)(C)C. The first kappa shape index (κ1) is 9.36.